The first-order valence-corrected chi connectivity index (χ1v) is 10.4. The zero-order chi connectivity index (χ0) is 23.1. The van der Waals surface area contributed by atoms with E-state index in [-0.39, 0.29) is 0 Å². The van der Waals surface area contributed by atoms with Gasteiger partial charge in [0.2, 0.25) is 5.72 Å². The molecular weight excluding hydrogens is 415 g/mol. The molecule has 1 atom stereocenters. The topological polar surface area (TPSA) is 28.1 Å². The second-order valence-corrected chi connectivity index (χ2v) is 9.18. The summed E-state index contributed by atoms with van der Waals surface area (Å²) in [6.45, 7) is 3.80. The minimum atomic E-state index is -4.40. The fraction of sp³-hybridized carbons (Fsp3) is 0.320. The summed E-state index contributed by atoms with van der Waals surface area (Å²) < 4.78 is 46.8. The Labute approximate surface area is 184 Å². The number of nitrogens with zero attached hydrogens (tertiary/aromatic N) is 3. The predicted octanol–water partition coefficient (Wildman–Crippen LogP) is 6.14. The van der Waals surface area contributed by atoms with Gasteiger partial charge in [-0.15, -0.1) is 0 Å². The van der Waals surface area contributed by atoms with Crippen LogP contribution >= 0.6 is 0 Å². The SMILES string of the molecule is CN(C)c1ccc2c3c(ccc2c1)OC1(C=N3)N(C)c2ccc(C(F)(F)F)cc2C1(C)C. The highest BCUT2D eigenvalue weighted by Gasteiger charge is 2.59. The Balaban J connectivity index is 1.63. The van der Waals surface area contributed by atoms with Gasteiger partial charge in [-0.25, -0.2) is 0 Å². The Morgan fingerprint density at radius 1 is 1.00 bits per heavy atom. The smallest absolute Gasteiger partial charge is 0.416 e. The lowest BCUT2D eigenvalue weighted by Gasteiger charge is -2.45. The zero-order valence-electron chi connectivity index (χ0n) is 18.6. The Kier molecular flexibility index (Phi) is 4.14. The quantitative estimate of drug-likeness (QED) is 0.456. The third kappa shape index (κ3) is 2.66. The lowest BCUT2D eigenvalue weighted by Crippen LogP contribution is -2.61. The number of ether oxygens (including phenoxy) is 1. The van der Waals surface area contributed by atoms with Crippen molar-refractivity contribution in [2.45, 2.75) is 31.2 Å². The maximum Gasteiger partial charge on any atom is 0.416 e. The highest BCUT2D eigenvalue weighted by Crippen LogP contribution is 2.55. The molecule has 0 bridgehead atoms. The summed E-state index contributed by atoms with van der Waals surface area (Å²) in [6, 6.07) is 13.9. The van der Waals surface area contributed by atoms with E-state index < -0.39 is 22.9 Å². The largest absolute Gasteiger partial charge is 0.459 e. The van der Waals surface area contributed by atoms with Crippen LogP contribution in [-0.4, -0.2) is 33.1 Å². The minimum Gasteiger partial charge on any atom is -0.459 e. The molecule has 0 N–H and O–H groups in total. The number of hydrogen-bond acceptors (Lipinski definition) is 4. The van der Waals surface area contributed by atoms with Gasteiger partial charge in [-0.2, -0.15) is 13.2 Å². The first-order valence-electron chi connectivity index (χ1n) is 10.4. The van der Waals surface area contributed by atoms with Crippen LogP contribution in [0.1, 0.15) is 25.0 Å². The third-order valence-corrected chi connectivity index (χ3v) is 6.84. The van der Waals surface area contributed by atoms with Gasteiger partial charge in [-0.3, -0.25) is 4.99 Å². The van der Waals surface area contributed by atoms with Gasteiger partial charge in [0.05, 0.1) is 17.2 Å². The van der Waals surface area contributed by atoms with E-state index in [2.05, 4.69) is 6.07 Å². The lowest BCUT2D eigenvalue weighted by atomic mass is 9.77. The minimum absolute atomic E-state index is 0.584. The average Bonchev–Trinajstić information content (AvgIpc) is 2.90. The third-order valence-electron chi connectivity index (χ3n) is 6.84. The molecule has 3 aromatic carbocycles. The van der Waals surface area contributed by atoms with Crippen LogP contribution in [0.15, 0.2) is 53.5 Å². The monoisotopic (exact) mass is 439 g/mol. The maximum absolute atomic E-state index is 13.4. The normalized spacial score (nSPS) is 20.9. The fourth-order valence-electron chi connectivity index (χ4n) is 4.86. The van der Waals surface area contributed by atoms with Crippen molar-refractivity contribution in [2.75, 3.05) is 30.9 Å². The van der Waals surface area contributed by atoms with Crippen molar-refractivity contribution in [1.29, 1.82) is 0 Å². The molecule has 4 nitrogen and oxygen atoms in total. The van der Waals surface area contributed by atoms with Crippen molar-refractivity contribution in [2.24, 2.45) is 4.99 Å². The van der Waals surface area contributed by atoms with Crippen LogP contribution in [0, 0.1) is 0 Å². The summed E-state index contributed by atoms with van der Waals surface area (Å²) in [5, 5.41) is 2.01. The fourth-order valence-corrected chi connectivity index (χ4v) is 4.86. The molecule has 0 saturated heterocycles. The van der Waals surface area contributed by atoms with Crippen LogP contribution in [0.4, 0.5) is 30.2 Å². The Morgan fingerprint density at radius 3 is 2.44 bits per heavy atom. The molecule has 0 aromatic heterocycles. The lowest BCUT2D eigenvalue weighted by molar-refractivity contribution is -0.137. The average molecular weight is 439 g/mol. The van der Waals surface area contributed by atoms with Crippen LogP contribution in [0.2, 0.25) is 0 Å². The van der Waals surface area contributed by atoms with Crippen LogP contribution in [0.25, 0.3) is 10.8 Å². The molecule has 7 heteroatoms. The molecule has 2 aliphatic rings. The summed E-state index contributed by atoms with van der Waals surface area (Å²) in [6.07, 6.45) is -2.67. The first kappa shape index (κ1) is 20.7. The van der Waals surface area contributed by atoms with Crippen molar-refractivity contribution in [3.63, 3.8) is 0 Å². The molecule has 3 aromatic rings. The standard InChI is InChI=1S/C25H24F3N3O/c1-23(2)19-13-16(25(26,27)28)7-10-20(19)31(5)24(23)14-29-22-18-9-8-17(30(3)4)12-15(18)6-11-21(22)32-24/h6-14H,1-5H3. The van der Waals surface area contributed by atoms with Gasteiger partial charge < -0.3 is 14.5 Å². The van der Waals surface area contributed by atoms with Gasteiger partial charge >= 0.3 is 6.18 Å². The summed E-state index contributed by atoms with van der Waals surface area (Å²) in [5.74, 6) is 0.612. The molecule has 0 aliphatic carbocycles. The second kappa shape index (κ2) is 6.40. The molecule has 2 aliphatic heterocycles. The van der Waals surface area contributed by atoms with Crippen LogP contribution in [0.5, 0.6) is 5.75 Å². The van der Waals surface area contributed by atoms with Gasteiger partial charge in [-0.05, 0) is 61.2 Å². The molecule has 166 valence electrons. The summed E-state index contributed by atoms with van der Waals surface area (Å²) >= 11 is 0. The summed E-state index contributed by atoms with van der Waals surface area (Å²) in [5.41, 5.74) is 0.630. The molecule has 0 saturated carbocycles. The number of rotatable bonds is 1. The molecule has 2 heterocycles. The molecular formula is C25H24F3N3O. The maximum atomic E-state index is 13.4. The molecule has 1 spiro atoms. The van der Waals surface area contributed by atoms with Crippen LogP contribution in [-0.2, 0) is 11.6 Å². The van der Waals surface area contributed by atoms with E-state index in [0.29, 0.717) is 17.0 Å². The number of halogens is 3. The Hall–Kier alpha value is -3.22. The summed E-state index contributed by atoms with van der Waals surface area (Å²) in [4.78, 5) is 8.72. The Bertz CT molecular complexity index is 1280. The molecule has 32 heavy (non-hydrogen) atoms. The number of aliphatic imine (C=N–C) groups is 1. The molecule has 0 radical (unpaired) electrons. The van der Waals surface area contributed by atoms with E-state index in [1.54, 1.807) is 6.21 Å². The highest BCUT2D eigenvalue weighted by molar-refractivity contribution is 6.01. The van der Waals surface area contributed by atoms with Crippen molar-refractivity contribution >= 4 is 34.0 Å². The van der Waals surface area contributed by atoms with Crippen LogP contribution < -0.4 is 14.5 Å². The molecule has 0 fully saturated rings. The van der Waals surface area contributed by atoms with Crippen LogP contribution in [0.3, 0.4) is 0 Å². The van der Waals surface area contributed by atoms with E-state index >= 15 is 0 Å². The Morgan fingerprint density at radius 2 is 1.75 bits per heavy atom. The van der Waals surface area contributed by atoms with Gasteiger partial charge in [0.25, 0.3) is 0 Å². The zero-order valence-corrected chi connectivity index (χ0v) is 18.6. The van der Waals surface area contributed by atoms with Crippen molar-refractivity contribution < 1.29 is 17.9 Å². The highest BCUT2D eigenvalue weighted by atomic mass is 19.4. The molecule has 0 amide bonds. The van der Waals surface area contributed by atoms with E-state index in [9.17, 15) is 13.2 Å². The predicted molar refractivity (Wildman–Crippen MR) is 123 cm³/mol. The molecule has 5 rings (SSSR count). The van der Waals surface area contributed by atoms with Crippen molar-refractivity contribution in [3.8, 4) is 5.75 Å². The second-order valence-electron chi connectivity index (χ2n) is 9.18. The van der Waals surface area contributed by atoms with Gasteiger partial charge in [0.1, 0.15) is 11.4 Å². The van der Waals surface area contributed by atoms with Gasteiger partial charge in [0, 0.05) is 37.9 Å². The van der Waals surface area contributed by atoms with Gasteiger partial charge in [0.15, 0.2) is 0 Å². The number of likely N-dealkylation sites (N-methyl/N-ethyl adjacent to an activating group) is 1. The van der Waals surface area contributed by atoms with Crippen molar-refractivity contribution in [1.82, 2.24) is 0 Å². The van der Waals surface area contributed by atoms with Gasteiger partial charge in [-0.1, -0.05) is 12.1 Å². The number of benzene rings is 3. The number of alkyl halides is 3. The summed E-state index contributed by atoms with van der Waals surface area (Å²) in [7, 11) is 5.82. The first-order chi connectivity index (χ1) is 15.0. The van der Waals surface area contributed by atoms with E-state index in [1.807, 2.05) is 69.1 Å². The van der Waals surface area contributed by atoms with E-state index in [0.717, 1.165) is 28.2 Å². The van der Waals surface area contributed by atoms with Crippen molar-refractivity contribution in [3.05, 3.63) is 59.7 Å². The number of hydrogen-bond donors (Lipinski definition) is 0. The number of anilines is 2. The molecule has 1 unspecified atom stereocenters. The van der Waals surface area contributed by atoms with E-state index in [4.69, 9.17) is 9.73 Å². The van der Waals surface area contributed by atoms with E-state index in [1.165, 1.54) is 12.1 Å². The number of fused-ring (bicyclic) bond motifs is 4.